The van der Waals surface area contributed by atoms with Gasteiger partial charge in [-0.25, -0.2) is 0 Å². The van der Waals surface area contributed by atoms with Crippen LogP contribution in [0.25, 0.3) is 6.08 Å². The van der Waals surface area contributed by atoms with E-state index in [0.29, 0.717) is 11.4 Å². The van der Waals surface area contributed by atoms with Crippen molar-refractivity contribution in [3.05, 3.63) is 47.8 Å². The second-order valence-corrected chi connectivity index (χ2v) is 4.35. The zero-order chi connectivity index (χ0) is 14.7. The number of aromatic hydroxyl groups is 1. The number of ketones is 1. The van der Waals surface area contributed by atoms with Crippen molar-refractivity contribution in [3.63, 3.8) is 0 Å². The summed E-state index contributed by atoms with van der Waals surface area (Å²) in [7, 11) is 0. The molecular formula is C15H15NO4. The third kappa shape index (κ3) is 2.71. The zero-order valence-electron chi connectivity index (χ0n) is 11.1. The summed E-state index contributed by atoms with van der Waals surface area (Å²) in [5.41, 5.74) is 1.34. The summed E-state index contributed by atoms with van der Waals surface area (Å²) in [4.78, 5) is 23.9. The Morgan fingerprint density at radius 2 is 2.10 bits per heavy atom. The van der Waals surface area contributed by atoms with E-state index in [2.05, 4.69) is 11.9 Å². The van der Waals surface area contributed by atoms with Gasteiger partial charge in [0.1, 0.15) is 5.75 Å². The molecule has 2 N–H and O–H groups in total. The van der Waals surface area contributed by atoms with Crippen molar-refractivity contribution in [2.45, 2.75) is 6.92 Å². The van der Waals surface area contributed by atoms with E-state index in [1.807, 2.05) is 0 Å². The third-order valence-electron chi connectivity index (χ3n) is 2.90. The van der Waals surface area contributed by atoms with Gasteiger partial charge in [0.2, 0.25) is 0 Å². The first kappa shape index (κ1) is 13.9. The van der Waals surface area contributed by atoms with Gasteiger partial charge in [-0.05, 0) is 30.7 Å². The standard InChI is InChI=1S/C15H15NO4/c1-3-20-15(19)13-9(2)16-12(14(13)18)8-10-4-6-11(17)7-5-10/h4-8,13,16-17H,2-3H2,1H3. The Kier molecular flexibility index (Phi) is 3.89. The van der Waals surface area contributed by atoms with Crippen molar-refractivity contribution in [2.75, 3.05) is 6.61 Å². The number of hydrogen-bond donors (Lipinski definition) is 2. The molecule has 1 aromatic rings. The maximum Gasteiger partial charge on any atom is 0.322 e. The quantitative estimate of drug-likeness (QED) is 0.497. The van der Waals surface area contributed by atoms with Crippen LogP contribution in [0.3, 0.4) is 0 Å². The summed E-state index contributed by atoms with van der Waals surface area (Å²) in [6.45, 7) is 5.58. The second-order valence-electron chi connectivity index (χ2n) is 4.35. The van der Waals surface area contributed by atoms with Crippen LogP contribution in [0, 0.1) is 5.92 Å². The molecule has 1 atom stereocenters. The highest BCUT2D eigenvalue weighted by atomic mass is 16.5. The van der Waals surface area contributed by atoms with E-state index >= 15 is 0 Å². The summed E-state index contributed by atoms with van der Waals surface area (Å²) in [5.74, 6) is -1.80. The number of ether oxygens (including phenoxy) is 1. The molecule has 1 unspecified atom stereocenters. The van der Waals surface area contributed by atoms with Crippen LogP contribution in [0.1, 0.15) is 12.5 Å². The molecular weight excluding hydrogens is 258 g/mol. The van der Waals surface area contributed by atoms with Gasteiger partial charge in [0.25, 0.3) is 0 Å². The van der Waals surface area contributed by atoms with Crippen molar-refractivity contribution < 1.29 is 19.4 Å². The molecule has 0 spiro atoms. The summed E-state index contributed by atoms with van der Waals surface area (Å²) in [5, 5.41) is 12.0. The van der Waals surface area contributed by atoms with Crippen LogP contribution >= 0.6 is 0 Å². The van der Waals surface area contributed by atoms with Gasteiger partial charge in [0.15, 0.2) is 11.7 Å². The lowest BCUT2D eigenvalue weighted by atomic mass is 10.0. The van der Waals surface area contributed by atoms with E-state index < -0.39 is 11.9 Å². The van der Waals surface area contributed by atoms with Gasteiger partial charge in [0, 0.05) is 5.70 Å². The van der Waals surface area contributed by atoms with Crippen LogP contribution in [0.5, 0.6) is 5.75 Å². The summed E-state index contributed by atoms with van der Waals surface area (Å²) in [6.07, 6.45) is 1.60. The molecule has 5 nitrogen and oxygen atoms in total. The van der Waals surface area contributed by atoms with Crippen molar-refractivity contribution in [1.29, 1.82) is 0 Å². The highest BCUT2D eigenvalue weighted by molar-refractivity contribution is 6.14. The molecule has 0 saturated carbocycles. The van der Waals surface area contributed by atoms with E-state index in [1.165, 1.54) is 12.1 Å². The number of carbonyl (C=O) groups excluding carboxylic acids is 2. The van der Waals surface area contributed by atoms with Gasteiger partial charge in [-0.2, -0.15) is 0 Å². The minimum atomic E-state index is -0.988. The second kappa shape index (κ2) is 5.61. The number of hydrogen-bond acceptors (Lipinski definition) is 5. The van der Waals surface area contributed by atoms with Crippen molar-refractivity contribution >= 4 is 17.8 Å². The van der Waals surface area contributed by atoms with Crippen molar-refractivity contribution in [1.82, 2.24) is 5.32 Å². The molecule has 2 rings (SSSR count). The molecule has 0 bridgehead atoms. The fourth-order valence-corrected chi connectivity index (χ4v) is 1.94. The number of Topliss-reactive ketones (excluding diaryl/α,β-unsaturated/α-hetero) is 1. The molecule has 1 aliphatic rings. The number of phenolic OH excluding ortho intramolecular Hbond substituents is 1. The lowest BCUT2D eigenvalue weighted by molar-refractivity contribution is -0.148. The van der Waals surface area contributed by atoms with Crippen molar-refractivity contribution in [2.24, 2.45) is 5.92 Å². The number of phenols is 1. The smallest absolute Gasteiger partial charge is 0.322 e. The predicted octanol–water partition coefficient (Wildman–Crippen LogP) is 1.60. The first-order valence-corrected chi connectivity index (χ1v) is 6.20. The average molecular weight is 273 g/mol. The van der Waals surface area contributed by atoms with Gasteiger partial charge >= 0.3 is 5.97 Å². The lowest BCUT2D eigenvalue weighted by Gasteiger charge is -2.06. The first-order valence-electron chi connectivity index (χ1n) is 6.20. The van der Waals surface area contributed by atoms with Gasteiger partial charge in [-0.1, -0.05) is 18.7 Å². The highest BCUT2D eigenvalue weighted by Crippen LogP contribution is 2.24. The molecule has 20 heavy (non-hydrogen) atoms. The first-order chi connectivity index (χ1) is 9.52. The van der Waals surface area contributed by atoms with E-state index in [9.17, 15) is 14.7 Å². The fraction of sp³-hybridized carbons (Fsp3) is 0.200. The Labute approximate surface area is 116 Å². The number of allylic oxidation sites excluding steroid dienone is 1. The largest absolute Gasteiger partial charge is 0.508 e. The zero-order valence-corrected chi connectivity index (χ0v) is 11.1. The fourth-order valence-electron chi connectivity index (χ4n) is 1.94. The molecule has 1 aromatic carbocycles. The lowest BCUT2D eigenvalue weighted by Crippen LogP contribution is -2.23. The molecule has 0 radical (unpaired) electrons. The molecule has 1 saturated heterocycles. The molecule has 104 valence electrons. The Morgan fingerprint density at radius 1 is 1.45 bits per heavy atom. The number of rotatable bonds is 3. The van der Waals surface area contributed by atoms with Gasteiger partial charge in [-0.15, -0.1) is 0 Å². The highest BCUT2D eigenvalue weighted by Gasteiger charge is 2.39. The SMILES string of the molecule is C=C1NC(=Cc2ccc(O)cc2)C(=O)C1C(=O)OCC. The van der Waals surface area contributed by atoms with E-state index in [4.69, 9.17) is 4.74 Å². The monoisotopic (exact) mass is 273 g/mol. The van der Waals surface area contributed by atoms with Crippen LogP contribution in [-0.2, 0) is 14.3 Å². The molecule has 0 amide bonds. The number of nitrogens with one attached hydrogen (secondary N) is 1. The van der Waals surface area contributed by atoms with E-state index in [1.54, 1.807) is 25.1 Å². The normalized spacial score (nSPS) is 20.1. The minimum absolute atomic E-state index is 0.145. The van der Waals surface area contributed by atoms with Gasteiger partial charge in [0.05, 0.1) is 12.3 Å². The summed E-state index contributed by atoms with van der Waals surface area (Å²) < 4.78 is 4.86. The third-order valence-corrected chi connectivity index (χ3v) is 2.90. The van der Waals surface area contributed by atoms with Crippen LogP contribution in [0.4, 0.5) is 0 Å². The summed E-state index contributed by atoms with van der Waals surface area (Å²) >= 11 is 0. The molecule has 1 aliphatic heterocycles. The average Bonchev–Trinajstić information content (AvgIpc) is 2.67. The van der Waals surface area contributed by atoms with Crippen LogP contribution in [0.2, 0.25) is 0 Å². The Morgan fingerprint density at radius 3 is 2.70 bits per heavy atom. The molecule has 1 fully saturated rings. The molecule has 0 aromatic heterocycles. The Hall–Kier alpha value is -2.56. The maximum absolute atomic E-state index is 12.2. The number of benzene rings is 1. The van der Waals surface area contributed by atoms with Crippen molar-refractivity contribution in [3.8, 4) is 5.75 Å². The topological polar surface area (TPSA) is 75.6 Å². The molecule has 0 aliphatic carbocycles. The van der Waals surface area contributed by atoms with Gasteiger partial charge in [-0.3, -0.25) is 9.59 Å². The van der Waals surface area contributed by atoms with E-state index in [-0.39, 0.29) is 18.1 Å². The molecule has 5 heteroatoms. The number of carbonyl (C=O) groups is 2. The van der Waals surface area contributed by atoms with Gasteiger partial charge < -0.3 is 15.2 Å². The minimum Gasteiger partial charge on any atom is -0.508 e. The summed E-state index contributed by atoms with van der Waals surface area (Å²) in [6, 6.07) is 6.36. The maximum atomic E-state index is 12.2. The predicted molar refractivity (Wildman–Crippen MR) is 73.5 cm³/mol. The Bertz CT molecular complexity index is 586. The number of esters is 1. The van der Waals surface area contributed by atoms with Crippen LogP contribution < -0.4 is 5.32 Å². The van der Waals surface area contributed by atoms with Crippen LogP contribution in [-0.4, -0.2) is 23.5 Å². The van der Waals surface area contributed by atoms with E-state index in [0.717, 1.165) is 5.56 Å². The molecule has 1 heterocycles. The Balaban J connectivity index is 2.23. The van der Waals surface area contributed by atoms with Crippen LogP contribution in [0.15, 0.2) is 42.2 Å².